The van der Waals surface area contributed by atoms with Crippen molar-refractivity contribution in [2.45, 2.75) is 13.0 Å². The Bertz CT molecular complexity index is 977. The number of aliphatic imine (C=N–C) groups is 1. The number of nitrogens with zero attached hydrogens (tertiary/aromatic N) is 2. The van der Waals surface area contributed by atoms with Gasteiger partial charge in [0.15, 0.2) is 5.96 Å². The highest BCUT2D eigenvalue weighted by Gasteiger charge is 2.07. The molecule has 1 aromatic heterocycles. The summed E-state index contributed by atoms with van der Waals surface area (Å²) in [5.41, 5.74) is 2.44. The molecule has 0 aliphatic carbocycles. The Morgan fingerprint density at radius 2 is 1.74 bits per heavy atom. The van der Waals surface area contributed by atoms with Crippen LogP contribution in [0.2, 0.25) is 0 Å². The SMILES string of the molecule is CN=C(NCCNC(=O)Cc1ccc(F)cc1)NCc1coc(-c2ccccc2)n1.I. The van der Waals surface area contributed by atoms with Gasteiger partial charge in [-0.2, -0.15) is 0 Å². The molecule has 1 heterocycles. The molecule has 2 aromatic carbocycles. The molecule has 3 aromatic rings. The summed E-state index contributed by atoms with van der Waals surface area (Å²) in [4.78, 5) is 20.6. The lowest BCUT2D eigenvalue weighted by atomic mass is 10.1. The van der Waals surface area contributed by atoms with Crippen LogP contribution in [0, 0.1) is 5.82 Å². The second-order valence-electron chi connectivity index (χ2n) is 6.52. The third-order valence-corrected chi connectivity index (χ3v) is 4.25. The minimum absolute atomic E-state index is 0. The van der Waals surface area contributed by atoms with Gasteiger partial charge in [0, 0.05) is 25.7 Å². The molecule has 0 fully saturated rings. The van der Waals surface area contributed by atoms with E-state index in [2.05, 4.69) is 25.9 Å². The topological polar surface area (TPSA) is 91.5 Å². The van der Waals surface area contributed by atoms with Crippen LogP contribution in [-0.4, -0.2) is 37.0 Å². The Morgan fingerprint density at radius 1 is 1.03 bits per heavy atom. The molecule has 3 N–H and O–H groups in total. The summed E-state index contributed by atoms with van der Waals surface area (Å²) >= 11 is 0. The van der Waals surface area contributed by atoms with E-state index in [9.17, 15) is 9.18 Å². The Labute approximate surface area is 197 Å². The van der Waals surface area contributed by atoms with Crippen LogP contribution in [0.25, 0.3) is 11.5 Å². The number of benzene rings is 2. The molecule has 0 bridgehead atoms. The number of rotatable bonds is 8. The number of carbonyl (C=O) groups is 1. The number of halogens is 2. The highest BCUT2D eigenvalue weighted by molar-refractivity contribution is 14.0. The zero-order valence-corrected chi connectivity index (χ0v) is 19.4. The standard InChI is InChI=1S/C22H24FN5O2.HI/c1-24-22(26-12-11-25-20(29)13-16-7-9-18(23)10-8-16)27-14-19-15-30-21(28-19)17-5-3-2-4-6-17;/h2-10,15H,11-14H2,1H3,(H,25,29)(H2,24,26,27);1H. The van der Waals surface area contributed by atoms with Gasteiger partial charge < -0.3 is 20.4 Å². The van der Waals surface area contributed by atoms with E-state index in [0.29, 0.717) is 31.5 Å². The zero-order chi connectivity index (χ0) is 21.2. The van der Waals surface area contributed by atoms with E-state index < -0.39 is 0 Å². The minimum Gasteiger partial charge on any atom is -0.444 e. The summed E-state index contributed by atoms with van der Waals surface area (Å²) in [5.74, 6) is 0.720. The first-order valence-corrected chi connectivity index (χ1v) is 9.59. The Morgan fingerprint density at radius 3 is 2.45 bits per heavy atom. The average molecular weight is 537 g/mol. The zero-order valence-electron chi connectivity index (χ0n) is 17.1. The molecule has 31 heavy (non-hydrogen) atoms. The smallest absolute Gasteiger partial charge is 0.226 e. The molecule has 0 atom stereocenters. The van der Waals surface area contributed by atoms with Crippen molar-refractivity contribution in [3.05, 3.63) is 77.9 Å². The van der Waals surface area contributed by atoms with Crippen LogP contribution in [0.1, 0.15) is 11.3 Å². The van der Waals surface area contributed by atoms with Gasteiger partial charge in [-0.05, 0) is 29.8 Å². The van der Waals surface area contributed by atoms with E-state index in [1.165, 1.54) is 12.1 Å². The number of hydrogen-bond acceptors (Lipinski definition) is 4. The molecule has 0 radical (unpaired) electrons. The van der Waals surface area contributed by atoms with Crippen LogP contribution >= 0.6 is 24.0 Å². The Kier molecular flexibility index (Phi) is 9.95. The van der Waals surface area contributed by atoms with Crippen molar-refractivity contribution in [2.75, 3.05) is 20.1 Å². The molecule has 0 saturated carbocycles. The molecular formula is C22H25FIN5O2. The van der Waals surface area contributed by atoms with Gasteiger partial charge in [-0.3, -0.25) is 9.79 Å². The Balaban J connectivity index is 0.00000341. The summed E-state index contributed by atoms with van der Waals surface area (Å²) < 4.78 is 18.4. The fourth-order valence-electron chi connectivity index (χ4n) is 2.73. The molecule has 0 spiro atoms. The largest absolute Gasteiger partial charge is 0.444 e. The predicted octanol–water partition coefficient (Wildman–Crippen LogP) is 3.12. The normalized spacial score (nSPS) is 10.8. The number of hydrogen-bond donors (Lipinski definition) is 3. The molecule has 1 amide bonds. The van der Waals surface area contributed by atoms with Gasteiger partial charge in [-0.15, -0.1) is 24.0 Å². The van der Waals surface area contributed by atoms with Gasteiger partial charge in [0.1, 0.15) is 12.1 Å². The van der Waals surface area contributed by atoms with Gasteiger partial charge in [-0.1, -0.05) is 30.3 Å². The molecule has 164 valence electrons. The predicted molar refractivity (Wildman–Crippen MR) is 129 cm³/mol. The quantitative estimate of drug-likeness (QED) is 0.178. The first-order valence-electron chi connectivity index (χ1n) is 9.59. The number of guanidine groups is 1. The summed E-state index contributed by atoms with van der Waals surface area (Å²) in [6, 6.07) is 15.6. The summed E-state index contributed by atoms with van der Waals surface area (Å²) in [6.07, 6.45) is 1.82. The second-order valence-corrected chi connectivity index (χ2v) is 6.52. The number of carbonyl (C=O) groups excluding carboxylic acids is 1. The van der Waals surface area contributed by atoms with E-state index in [1.807, 2.05) is 30.3 Å². The van der Waals surface area contributed by atoms with Crippen molar-refractivity contribution in [3.63, 3.8) is 0 Å². The highest BCUT2D eigenvalue weighted by Crippen LogP contribution is 2.17. The number of amides is 1. The van der Waals surface area contributed by atoms with E-state index in [-0.39, 0.29) is 42.1 Å². The molecule has 0 saturated heterocycles. The van der Waals surface area contributed by atoms with Gasteiger partial charge in [0.2, 0.25) is 11.8 Å². The molecule has 0 aliphatic rings. The van der Waals surface area contributed by atoms with E-state index in [1.54, 1.807) is 25.4 Å². The van der Waals surface area contributed by atoms with E-state index in [0.717, 1.165) is 16.8 Å². The van der Waals surface area contributed by atoms with Gasteiger partial charge >= 0.3 is 0 Å². The Hall–Kier alpha value is -2.95. The van der Waals surface area contributed by atoms with Crippen molar-refractivity contribution >= 4 is 35.8 Å². The first-order chi connectivity index (χ1) is 14.6. The molecule has 0 aliphatic heterocycles. The molecule has 9 heteroatoms. The monoisotopic (exact) mass is 537 g/mol. The lowest BCUT2D eigenvalue weighted by molar-refractivity contribution is -0.120. The van der Waals surface area contributed by atoms with Crippen molar-refractivity contribution in [3.8, 4) is 11.5 Å². The fraction of sp³-hybridized carbons (Fsp3) is 0.227. The maximum absolute atomic E-state index is 12.9. The second kappa shape index (κ2) is 12.7. The van der Waals surface area contributed by atoms with Crippen molar-refractivity contribution in [2.24, 2.45) is 4.99 Å². The van der Waals surface area contributed by atoms with Crippen molar-refractivity contribution in [1.29, 1.82) is 0 Å². The minimum atomic E-state index is -0.316. The van der Waals surface area contributed by atoms with Crippen LogP contribution in [-0.2, 0) is 17.8 Å². The van der Waals surface area contributed by atoms with Crippen LogP contribution in [0.5, 0.6) is 0 Å². The molecular weight excluding hydrogens is 512 g/mol. The molecule has 3 rings (SSSR count). The lowest BCUT2D eigenvalue weighted by Gasteiger charge is -2.11. The maximum Gasteiger partial charge on any atom is 0.226 e. The average Bonchev–Trinajstić information content (AvgIpc) is 3.24. The van der Waals surface area contributed by atoms with Gasteiger partial charge in [0.05, 0.1) is 18.7 Å². The summed E-state index contributed by atoms with van der Waals surface area (Å²) in [7, 11) is 1.67. The number of nitrogens with one attached hydrogen (secondary N) is 3. The summed E-state index contributed by atoms with van der Waals surface area (Å²) in [6.45, 7) is 1.39. The number of aromatic nitrogens is 1. The van der Waals surface area contributed by atoms with Crippen molar-refractivity contribution < 1.29 is 13.6 Å². The lowest BCUT2D eigenvalue weighted by Crippen LogP contribution is -2.41. The van der Waals surface area contributed by atoms with Crippen LogP contribution < -0.4 is 16.0 Å². The molecule has 0 unspecified atom stereocenters. The third-order valence-electron chi connectivity index (χ3n) is 4.25. The molecule has 7 nitrogen and oxygen atoms in total. The van der Waals surface area contributed by atoms with E-state index in [4.69, 9.17) is 4.42 Å². The highest BCUT2D eigenvalue weighted by atomic mass is 127. The first kappa shape index (κ1) is 24.3. The number of oxazole rings is 1. The van der Waals surface area contributed by atoms with E-state index >= 15 is 0 Å². The third kappa shape index (κ3) is 8.00. The van der Waals surface area contributed by atoms with Gasteiger partial charge in [0.25, 0.3) is 0 Å². The maximum atomic E-state index is 12.9. The van der Waals surface area contributed by atoms with Gasteiger partial charge in [-0.25, -0.2) is 9.37 Å². The van der Waals surface area contributed by atoms with Crippen LogP contribution in [0.4, 0.5) is 4.39 Å². The summed E-state index contributed by atoms with van der Waals surface area (Å²) in [5, 5.41) is 9.09. The van der Waals surface area contributed by atoms with Crippen LogP contribution in [0.15, 0.2) is 70.3 Å². The fourth-order valence-corrected chi connectivity index (χ4v) is 2.73. The van der Waals surface area contributed by atoms with Crippen molar-refractivity contribution in [1.82, 2.24) is 20.9 Å². The van der Waals surface area contributed by atoms with Crippen LogP contribution in [0.3, 0.4) is 0 Å².